The topological polar surface area (TPSA) is 0 Å². The summed E-state index contributed by atoms with van der Waals surface area (Å²) in [6.45, 7) is 4.73. The van der Waals surface area contributed by atoms with E-state index in [2.05, 4.69) is 220 Å². The van der Waals surface area contributed by atoms with Gasteiger partial charge in [0.25, 0.3) is 0 Å². The van der Waals surface area contributed by atoms with Crippen molar-refractivity contribution in [2.24, 2.45) is 0 Å². The summed E-state index contributed by atoms with van der Waals surface area (Å²) in [6.07, 6.45) is 0. The zero-order valence-electron chi connectivity index (χ0n) is 33.1. The van der Waals surface area contributed by atoms with Crippen molar-refractivity contribution in [3.63, 3.8) is 0 Å². The van der Waals surface area contributed by atoms with Crippen molar-refractivity contribution in [2.45, 2.75) is 19.3 Å². The Balaban J connectivity index is 1.24. The largest absolute Gasteiger partial charge is 0.0622 e. The molecule has 0 amide bonds. The molecule has 0 unspecified atom stereocenters. The lowest BCUT2D eigenvalue weighted by Gasteiger charge is -2.23. The molecule has 276 valence electrons. The van der Waals surface area contributed by atoms with Gasteiger partial charge in [-0.3, -0.25) is 0 Å². The molecule has 0 spiro atoms. The van der Waals surface area contributed by atoms with Crippen molar-refractivity contribution < 1.29 is 0 Å². The molecular weight excluding hydrogens is 709 g/mol. The average molecular weight is 749 g/mol. The quantitative estimate of drug-likeness (QED) is 0.157. The number of rotatable bonds is 4. The van der Waals surface area contributed by atoms with Crippen LogP contribution in [-0.4, -0.2) is 0 Å². The normalized spacial score (nSPS) is 13.1. The smallest absolute Gasteiger partial charge is 0.0158 e. The van der Waals surface area contributed by atoms with Gasteiger partial charge in [0.05, 0.1) is 0 Å². The molecule has 0 fully saturated rings. The summed E-state index contributed by atoms with van der Waals surface area (Å²) in [6, 6.07) is 77.1. The van der Waals surface area contributed by atoms with E-state index < -0.39 is 0 Å². The van der Waals surface area contributed by atoms with Gasteiger partial charge in [-0.2, -0.15) is 0 Å². The molecule has 11 aromatic carbocycles. The molecule has 0 heterocycles. The molecule has 59 heavy (non-hydrogen) atoms. The lowest BCUT2D eigenvalue weighted by molar-refractivity contribution is 0.660. The van der Waals surface area contributed by atoms with Gasteiger partial charge >= 0.3 is 0 Å². The van der Waals surface area contributed by atoms with Gasteiger partial charge in [0.1, 0.15) is 0 Å². The van der Waals surface area contributed by atoms with Gasteiger partial charge in [-0.1, -0.05) is 208 Å². The van der Waals surface area contributed by atoms with E-state index in [0.29, 0.717) is 0 Å². The first-order valence-corrected chi connectivity index (χ1v) is 20.8. The highest BCUT2D eigenvalue weighted by Crippen LogP contribution is 2.53. The van der Waals surface area contributed by atoms with E-state index in [0.717, 1.165) is 0 Å². The average Bonchev–Trinajstić information content (AvgIpc) is 3.52. The van der Waals surface area contributed by atoms with Crippen molar-refractivity contribution in [2.75, 3.05) is 0 Å². The van der Waals surface area contributed by atoms with Crippen LogP contribution in [0.25, 0.3) is 109 Å². The highest BCUT2D eigenvalue weighted by atomic mass is 14.4. The third-order valence-electron chi connectivity index (χ3n) is 13.2. The Hall–Kier alpha value is -7.28. The van der Waals surface area contributed by atoms with E-state index in [1.54, 1.807) is 0 Å². The number of fused-ring (bicyclic) bond motifs is 8. The second kappa shape index (κ2) is 12.9. The van der Waals surface area contributed by atoms with Crippen LogP contribution in [0.5, 0.6) is 0 Å². The maximum absolute atomic E-state index is 2.48. The molecule has 0 atom stereocenters. The SMILES string of the molecule is CC1(C)c2ccccc2-c2cc(-c3c4ccccc4c(-c4c5ccccc5c(-c5ccccc5)c5ccccc45)c4ccc(-c5cccc6ccccc56)cc34)ccc21. The van der Waals surface area contributed by atoms with Crippen molar-refractivity contribution in [3.05, 3.63) is 217 Å². The summed E-state index contributed by atoms with van der Waals surface area (Å²) in [7, 11) is 0. The van der Waals surface area contributed by atoms with Crippen LogP contribution in [-0.2, 0) is 5.41 Å². The summed E-state index contributed by atoms with van der Waals surface area (Å²) >= 11 is 0. The first kappa shape index (κ1) is 33.8. The highest BCUT2D eigenvalue weighted by molar-refractivity contribution is 6.30. The van der Waals surface area contributed by atoms with Gasteiger partial charge < -0.3 is 0 Å². The molecule has 0 nitrogen and oxygen atoms in total. The van der Waals surface area contributed by atoms with Crippen LogP contribution in [0.1, 0.15) is 25.0 Å². The zero-order chi connectivity index (χ0) is 39.2. The molecule has 12 rings (SSSR count). The number of hydrogen-bond donors (Lipinski definition) is 0. The second-order valence-corrected chi connectivity index (χ2v) is 16.7. The van der Waals surface area contributed by atoms with Gasteiger partial charge in [-0.15, -0.1) is 0 Å². The molecule has 0 N–H and O–H groups in total. The molecule has 0 aromatic heterocycles. The summed E-state index contributed by atoms with van der Waals surface area (Å²) < 4.78 is 0. The fraction of sp³-hybridized carbons (Fsp3) is 0.0508. The fourth-order valence-corrected chi connectivity index (χ4v) is 10.6. The Labute approximate surface area is 344 Å². The van der Waals surface area contributed by atoms with E-state index in [-0.39, 0.29) is 5.41 Å². The molecule has 11 aromatic rings. The maximum Gasteiger partial charge on any atom is 0.0158 e. The minimum Gasteiger partial charge on any atom is -0.0622 e. The van der Waals surface area contributed by atoms with Crippen LogP contribution in [0.4, 0.5) is 0 Å². The van der Waals surface area contributed by atoms with Crippen LogP contribution in [0, 0.1) is 0 Å². The summed E-state index contributed by atoms with van der Waals surface area (Å²) in [5.41, 5.74) is 15.5. The van der Waals surface area contributed by atoms with Crippen molar-refractivity contribution in [1.82, 2.24) is 0 Å². The Bertz CT molecular complexity index is 3450. The Kier molecular flexibility index (Phi) is 7.38. The highest BCUT2D eigenvalue weighted by Gasteiger charge is 2.35. The monoisotopic (exact) mass is 748 g/mol. The molecule has 1 aliphatic carbocycles. The molecule has 0 bridgehead atoms. The van der Waals surface area contributed by atoms with E-state index in [4.69, 9.17) is 0 Å². The third kappa shape index (κ3) is 4.96. The molecule has 1 aliphatic rings. The minimum absolute atomic E-state index is 0.0615. The zero-order valence-corrected chi connectivity index (χ0v) is 33.1. The van der Waals surface area contributed by atoms with Gasteiger partial charge in [-0.05, 0) is 133 Å². The van der Waals surface area contributed by atoms with Crippen molar-refractivity contribution >= 4 is 53.9 Å². The van der Waals surface area contributed by atoms with Crippen molar-refractivity contribution in [3.8, 4) is 55.6 Å². The lowest BCUT2D eigenvalue weighted by atomic mass is 9.79. The van der Waals surface area contributed by atoms with Crippen LogP contribution in [0.3, 0.4) is 0 Å². The summed E-state index contributed by atoms with van der Waals surface area (Å²) in [5, 5.41) is 12.6. The van der Waals surface area contributed by atoms with Crippen LogP contribution in [0.15, 0.2) is 206 Å². The van der Waals surface area contributed by atoms with E-state index in [9.17, 15) is 0 Å². The summed E-state index contributed by atoms with van der Waals surface area (Å²) in [4.78, 5) is 0. The lowest BCUT2D eigenvalue weighted by Crippen LogP contribution is -2.14. The van der Waals surface area contributed by atoms with Gasteiger partial charge in [0, 0.05) is 5.41 Å². The molecule has 0 heteroatoms. The van der Waals surface area contributed by atoms with E-state index >= 15 is 0 Å². The number of benzene rings is 11. The molecule has 0 aliphatic heterocycles. The Morgan fingerprint density at radius 1 is 0.254 bits per heavy atom. The van der Waals surface area contributed by atoms with Crippen molar-refractivity contribution in [1.29, 1.82) is 0 Å². The van der Waals surface area contributed by atoms with Crippen LogP contribution < -0.4 is 0 Å². The first-order chi connectivity index (χ1) is 29.1. The predicted octanol–water partition coefficient (Wildman–Crippen LogP) is 16.4. The Morgan fingerprint density at radius 3 is 1.37 bits per heavy atom. The molecule has 0 saturated carbocycles. The summed E-state index contributed by atoms with van der Waals surface area (Å²) in [5.74, 6) is 0. The van der Waals surface area contributed by atoms with Crippen LogP contribution in [0.2, 0.25) is 0 Å². The number of hydrogen-bond acceptors (Lipinski definition) is 0. The Morgan fingerprint density at radius 2 is 0.712 bits per heavy atom. The standard InChI is InChI=1S/C59H40/c1-59(2)53-30-15-14-22-43(53)51-36-40(32-34-54(51)59)56-46-25-10-13-28-49(46)58(50-33-31-39(35-52(50)56)42-29-16-20-37-17-6-7-21-41(37)42)57-47-26-11-8-23-44(47)55(38-18-4-3-5-19-38)45-24-9-12-27-48(45)57/h3-36H,1-2H3. The maximum atomic E-state index is 2.48. The van der Waals surface area contributed by atoms with Crippen LogP contribution >= 0.6 is 0 Å². The van der Waals surface area contributed by atoms with Gasteiger partial charge in [0.15, 0.2) is 0 Å². The fourth-order valence-electron chi connectivity index (χ4n) is 10.6. The molecule has 0 radical (unpaired) electrons. The minimum atomic E-state index is -0.0615. The predicted molar refractivity (Wildman–Crippen MR) is 253 cm³/mol. The third-order valence-corrected chi connectivity index (χ3v) is 13.2. The molecular formula is C59H40. The molecule has 0 saturated heterocycles. The van der Waals surface area contributed by atoms with E-state index in [1.165, 1.54) is 121 Å². The van der Waals surface area contributed by atoms with E-state index in [1.807, 2.05) is 0 Å². The van der Waals surface area contributed by atoms with Gasteiger partial charge in [-0.25, -0.2) is 0 Å². The first-order valence-electron chi connectivity index (χ1n) is 20.8. The second-order valence-electron chi connectivity index (χ2n) is 16.7. The van der Waals surface area contributed by atoms with Gasteiger partial charge in [0.2, 0.25) is 0 Å².